The van der Waals surface area contributed by atoms with Crippen molar-refractivity contribution < 1.29 is 30.0 Å². The molecular formula is C19H38O6. The fourth-order valence-electron chi connectivity index (χ4n) is 1.21. The molecule has 0 aliphatic carbocycles. The predicted octanol–water partition coefficient (Wildman–Crippen LogP) is 4.37. The fourth-order valence-corrected chi connectivity index (χ4v) is 1.21. The van der Waals surface area contributed by atoms with Gasteiger partial charge < -0.3 is 20.4 Å². The van der Waals surface area contributed by atoms with E-state index in [4.69, 9.17) is 20.4 Å². The van der Waals surface area contributed by atoms with Crippen molar-refractivity contribution in [1.82, 2.24) is 0 Å². The van der Waals surface area contributed by atoms with E-state index in [-0.39, 0.29) is 11.1 Å². The third-order valence-electron chi connectivity index (χ3n) is 2.69. The first-order valence-corrected chi connectivity index (χ1v) is 8.61. The highest BCUT2D eigenvalue weighted by molar-refractivity contribution is 5.85. The summed E-state index contributed by atoms with van der Waals surface area (Å²) < 4.78 is 0. The molecule has 0 fully saturated rings. The predicted molar refractivity (Wildman–Crippen MR) is 102 cm³/mol. The first-order chi connectivity index (χ1) is 11.6. The summed E-state index contributed by atoms with van der Waals surface area (Å²) in [6.07, 6.45) is 11.5. The average Bonchev–Trinajstić information content (AvgIpc) is 2.52. The highest BCUT2D eigenvalue weighted by atomic mass is 16.5. The molecule has 0 saturated carbocycles. The van der Waals surface area contributed by atoms with Gasteiger partial charge in [-0.15, -0.1) is 0 Å². The number of aliphatic hydroxyl groups is 2. The summed E-state index contributed by atoms with van der Waals surface area (Å²) in [6.45, 7) is 13.0. The minimum atomic E-state index is -0.935. The van der Waals surface area contributed by atoms with Gasteiger partial charge in [0.25, 0.3) is 0 Å². The summed E-state index contributed by atoms with van der Waals surface area (Å²) >= 11 is 0. The lowest BCUT2D eigenvalue weighted by molar-refractivity contribution is -0.133. The molecule has 6 heteroatoms. The van der Waals surface area contributed by atoms with Gasteiger partial charge in [0.2, 0.25) is 0 Å². The van der Waals surface area contributed by atoms with Crippen molar-refractivity contribution in [2.24, 2.45) is 0 Å². The molecule has 0 unspecified atom stereocenters. The van der Waals surface area contributed by atoms with E-state index in [2.05, 4.69) is 27.0 Å². The van der Waals surface area contributed by atoms with E-state index < -0.39 is 18.7 Å². The molecule has 150 valence electrons. The average molecular weight is 363 g/mol. The lowest BCUT2D eigenvalue weighted by Crippen LogP contribution is -1.92. The van der Waals surface area contributed by atoms with E-state index in [0.29, 0.717) is 0 Å². The summed E-state index contributed by atoms with van der Waals surface area (Å²) in [5.41, 5.74) is 0.352. The van der Waals surface area contributed by atoms with Crippen LogP contribution in [0.25, 0.3) is 0 Å². The van der Waals surface area contributed by atoms with Gasteiger partial charge in [0, 0.05) is 11.1 Å². The number of aliphatic hydroxyl groups excluding tert-OH is 1. The van der Waals surface area contributed by atoms with Crippen LogP contribution in [0.4, 0.5) is 0 Å². The molecular weight excluding hydrogens is 324 g/mol. The number of hydrogen-bond acceptors (Lipinski definition) is 4. The molecule has 6 nitrogen and oxygen atoms in total. The van der Waals surface area contributed by atoms with Crippen LogP contribution < -0.4 is 0 Å². The van der Waals surface area contributed by atoms with Crippen molar-refractivity contribution >= 4 is 11.9 Å². The van der Waals surface area contributed by atoms with Crippen molar-refractivity contribution in [1.29, 1.82) is 0 Å². The fraction of sp³-hybridized carbons (Fsp3) is 0.684. The molecule has 0 aromatic rings. The lowest BCUT2D eigenvalue weighted by atomic mass is 10.1. The Morgan fingerprint density at radius 1 is 0.680 bits per heavy atom. The van der Waals surface area contributed by atoms with Crippen molar-refractivity contribution in [3.05, 3.63) is 24.3 Å². The molecule has 0 atom stereocenters. The van der Waals surface area contributed by atoms with Crippen LogP contribution in [0.2, 0.25) is 0 Å². The number of unbranched alkanes of at least 4 members (excludes halogenated alkanes) is 7. The van der Waals surface area contributed by atoms with Crippen molar-refractivity contribution in [3.63, 3.8) is 0 Å². The molecule has 0 rings (SSSR count). The van der Waals surface area contributed by atoms with Gasteiger partial charge in [-0.3, -0.25) is 0 Å². The summed E-state index contributed by atoms with van der Waals surface area (Å²) in [4.78, 5) is 19.2. The van der Waals surface area contributed by atoms with Gasteiger partial charge in [-0.2, -0.15) is 0 Å². The molecule has 0 aliphatic rings. The van der Waals surface area contributed by atoms with Crippen LogP contribution in [-0.4, -0.2) is 39.2 Å². The molecule has 0 aromatic carbocycles. The first kappa shape index (κ1) is 31.1. The zero-order valence-electron chi connectivity index (χ0n) is 16.4. The molecule has 0 radical (unpaired) electrons. The highest BCUT2D eigenvalue weighted by Gasteiger charge is 1.90. The van der Waals surface area contributed by atoms with Crippen LogP contribution in [0.3, 0.4) is 0 Å². The minimum Gasteiger partial charge on any atom is -0.478 e. The van der Waals surface area contributed by atoms with Gasteiger partial charge in [-0.25, -0.2) is 9.59 Å². The molecule has 0 amide bonds. The van der Waals surface area contributed by atoms with Crippen LogP contribution in [0.5, 0.6) is 0 Å². The molecule has 0 spiro atoms. The van der Waals surface area contributed by atoms with Crippen molar-refractivity contribution in [2.75, 3.05) is 6.79 Å². The van der Waals surface area contributed by atoms with Gasteiger partial charge >= 0.3 is 11.9 Å². The van der Waals surface area contributed by atoms with Gasteiger partial charge in [-0.05, 0) is 13.8 Å². The number of aliphatic carboxylic acids is 2. The maximum atomic E-state index is 9.60. The second-order valence-electron chi connectivity index (χ2n) is 5.43. The third-order valence-corrected chi connectivity index (χ3v) is 2.69. The number of hydrogen-bond donors (Lipinski definition) is 4. The van der Waals surface area contributed by atoms with Gasteiger partial charge in [0.05, 0.1) is 0 Å². The Bertz CT molecular complexity index is 281. The van der Waals surface area contributed by atoms with Crippen molar-refractivity contribution in [2.45, 2.75) is 79.1 Å². The van der Waals surface area contributed by atoms with E-state index in [0.717, 1.165) is 0 Å². The number of carbonyl (C=O) groups is 2. The van der Waals surface area contributed by atoms with Crippen LogP contribution >= 0.6 is 0 Å². The summed E-state index contributed by atoms with van der Waals surface area (Å²) in [5, 5.41) is 30.0. The van der Waals surface area contributed by atoms with Crippen LogP contribution in [0.1, 0.15) is 79.1 Å². The molecule has 0 bridgehead atoms. The van der Waals surface area contributed by atoms with Gasteiger partial charge in [-0.1, -0.05) is 78.4 Å². The molecule has 0 saturated heterocycles. The Morgan fingerprint density at radius 2 is 0.840 bits per heavy atom. The van der Waals surface area contributed by atoms with Crippen molar-refractivity contribution in [3.8, 4) is 0 Å². The largest absolute Gasteiger partial charge is 0.478 e. The van der Waals surface area contributed by atoms with Gasteiger partial charge in [0.15, 0.2) is 0 Å². The standard InChI is InChI=1S/C10H22.2C4H6O2.CH4O2/c1-3-5-7-9-10-8-6-4-2;2*1-3(2)4(5)6;2-1-3/h3-10H2,1-2H3;2*1H2,2H3,(H,5,6);2-3H,1H2. The topological polar surface area (TPSA) is 115 Å². The Morgan fingerprint density at radius 3 is 0.960 bits per heavy atom. The Labute approximate surface area is 152 Å². The molecule has 0 aromatic heterocycles. The smallest absolute Gasteiger partial charge is 0.330 e. The number of carboxylic acid groups (broad SMARTS) is 2. The van der Waals surface area contributed by atoms with E-state index >= 15 is 0 Å². The van der Waals surface area contributed by atoms with E-state index in [1.54, 1.807) is 0 Å². The quantitative estimate of drug-likeness (QED) is 0.275. The molecule has 25 heavy (non-hydrogen) atoms. The van der Waals surface area contributed by atoms with Gasteiger partial charge in [0.1, 0.15) is 6.79 Å². The maximum absolute atomic E-state index is 9.60. The number of carboxylic acids is 2. The van der Waals surface area contributed by atoms with E-state index in [1.807, 2.05) is 0 Å². The summed E-state index contributed by atoms with van der Waals surface area (Å²) in [6, 6.07) is 0. The first-order valence-electron chi connectivity index (χ1n) is 8.61. The Kier molecular flexibility index (Phi) is 33.9. The zero-order valence-corrected chi connectivity index (χ0v) is 16.4. The molecule has 0 heterocycles. The maximum Gasteiger partial charge on any atom is 0.330 e. The van der Waals surface area contributed by atoms with Crippen LogP contribution in [-0.2, 0) is 9.59 Å². The second kappa shape index (κ2) is 27.2. The second-order valence-corrected chi connectivity index (χ2v) is 5.43. The monoisotopic (exact) mass is 362 g/mol. The highest BCUT2D eigenvalue weighted by Crippen LogP contribution is 2.07. The normalized spacial score (nSPS) is 8.40. The summed E-state index contributed by atoms with van der Waals surface area (Å²) in [7, 11) is 0. The summed E-state index contributed by atoms with van der Waals surface area (Å²) in [5.74, 6) is -1.87. The number of rotatable bonds is 9. The van der Waals surface area contributed by atoms with Crippen LogP contribution in [0, 0.1) is 0 Å². The van der Waals surface area contributed by atoms with Crippen LogP contribution in [0.15, 0.2) is 24.3 Å². The minimum absolute atomic E-state index is 0.176. The SMILES string of the molecule is C=C(C)C(=O)O.C=C(C)C(=O)O.CCCCCCCCCC.OCO. The Hall–Kier alpha value is -1.66. The third kappa shape index (κ3) is 51.9. The molecule has 0 aliphatic heterocycles. The van der Waals surface area contributed by atoms with E-state index in [9.17, 15) is 9.59 Å². The zero-order chi connectivity index (χ0) is 20.7. The lowest BCUT2D eigenvalue weighted by Gasteiger charge is -1.97. The van der Waals surface area contributed by atoms with E-state index in [1.165, 1.54) is 65.2 Å². The molecule has 4 N–H and O–H groups in total. The Balaban J connectivity index is -0.000000128.